The van der Waals surface area contributed by atoms with E-state index in [-0.39, 0.29) is 23.3 Å². The van der Waals surface area contributed by atoms with Gasteiger partial charge in [0.25, 0.3) is 5.17 Å². The summed E-state index contributed by atoms with van der Waals surface area (Å²) < 4.78 is 24.7. The quantitative estimate of drug-likeness (QED) is 0.824. The van der Waals surface area contributed by atoms with Crippen molar-refractivity contribution in [2.24, 2.45) is 0 Å². The first kappa shape index (κ1) is 17.2. The number of ether oxygens (including phenoxy) is 2. The lowest BCUT2D eigenvalue weighted by molar-refractivity contribution is 0.290. The number of nitrogens with one attached hydrogen (secondary N) is 1. The van der Waals surface area contributed by atoms with Gasteiger partial charge in [-0.1, -0.05) is 12.1 Å². The van der Waals surface area contributed by atoms with Gasteiger partial charge in [0, 0.05) is 11.3 Å². The molecule has 2 aromatic carbocycles. The van der Waals surface area contributed by atoms with Crippen LogP contribution in [0.5, 0.6) is 5.75 Å². The monoisotopic (exact) mass is 333 g/mol. The Morgan fingerprint density at radius 2 is 1.83 bits per heavy atom. The Hall–Kier alpha value is -2.14. The van der Waals surface area contributed by atoms with Crippen LogP contribution in [0.4, 0.5) is 10.1 Å². The minimum absolute atomic E-state index is 0.237. The van der Waals surface area contributed by atoms with Crippen molar-refractivity contribution >= 4 is 23.1 Å². The highest BCUT2D eigenvalue weighted by Gasteiger charge is 2.11. The molecule has 1 N–H and O–H groups in total. The highest BCUT2D eigenvalue weighted by Crippen LogP contribution is 2.26. The molecule has 0 saturated carbocycles. The van der Waals surface area contributed by atoms with Crippen LogP contribution in [0.3, 0.4) is 0 Å². The molecule has 0 aliphatic carbocycles. The van der Waals surface area contributed by atoms with Gasteiger partial charge in [0.15, 0.2) is 11.6 Å². The van der Waals surface area contributed by atoms with Gasteiger partial charge in [-0.25, -0.2) is 4.39 Å². The Labute approximate surface area is 141 Å². The van der Waals surface area contributed by atoms with Crippen molar-refractivity contribution in [1.82, 2.24) is 0 Å². The lowest BCUT2D eigenvalue weighted by Crippen LogP contribution is -2.13. The normalized spacial score (nSPS) is 10.3. The molecule has 122 valence electrons. The third kappa shape index (κ3) is 4.20. The molecule has 0 heterocycles. The number of anilines is 1. The first-order valence-electron chi connectivity index (χ1n) is 7.25. The van der Waals surface area contributed by atoms with E-state index in [9.17, 15) is 4.39 Å². The number of aryl methyl sites for hydroxylation is 3. The Balaban J connectivity index is 2.23. The summed E-state index contributed by atoms with van der Waals surface area (Å²) in [5.41, 5.74) is 4.62. The molecule has 3 nitrogen and oxygen atoms in total. The molecule has 0 spiro atoms. The molecule has 2 aromatic rings. The van der Waals surface area contributed by atoms with Gasteiger partial charge < -0.3 is 14.8 Å². The standard InChI is InChI=1S/C18H20FNO2S/c1-11-6-5-7-16(20-18(23)21-4)14(11)10-22-17-9-13(3)12(2)8-15(17)19/h5-9H,10H2,1-4H3,(H,20,23). The second-order valence-electron chi connectivity index (χ2n) is 5.37. The van der Waals surface area contributed by atoms with E-state index in [0.717, 1.165) is 27.9 Å². The van der Waals surface area contributed by atoms with Gasteiger partial charge in [0.1, 0.15) is 6.61 Å². The lowest BCUT2D eigenvalue weighted by Gasteiger charge is -2.16. The van der Waals surface area contributed by atoms with E-state index in [0.29, 0.717) is 0 Å². The zero-order chi connectivity index (χ0) is 17.0. The molecule has 0 bridgehead atoms. The lowest BCUT2D eigenvalue weighted by atomic mass is 10.1. The van der Waals surface area contributed by atoms with Crippen LogP contribution in [0.1, 0.15) is 22.3 Å². The zero-order valence-electron chi connectivity index (χ0n) is 13.7. The molecule has 23 heavy (non-hydrogen) atoms. The van der Waals surface area contributed by atoms with Gasteiger partial charge in [0.2, 0.25) is 0 Å². The molecular formula is C18H20FNO2S. The van der Waals surface area contributed by atoms with E-state index in [4.69, 9.17) is 21.7 Å². The molecule has 2 rings (SSSR count). The summed E-state index contributed by atoms with van der Waals surface area (Å²) in [6.45, 7) is 6.01. The summed E-state index contributed by atoms with van der Waals surface area (Å²) in [7, 11) is 1.51. The predicted molar refractivity (Wildman–Crippen MR) is 94.6 cm³/mol. The molecule has 0 aliphatic rings. The number of hydrogen-bond donors (Lipinski definition) is 1. The van der Waals surface area contributed by atoms with Gasteiger partial charge in [-0.15, -0.1) is 0 Å². The van der Waals surface area contributed by atoms with E-state index in [1.807, 2.05) is 39.0 Å². The maximum Gasteiger partial charge on any atom is 0.260 e. The first-order valence-corrected chi connectivity index (χ1v) is 7.66. The minimum Gasteiger partial charge on any atom is -0.486 e. The van der Waals surface area contributed by atoms with Crippen LogP contribution >= 0.6 is 12.2 Å². The van der Waals surface area contributed by atoms with Crippen molar-refractivity contribution < 1.29 is 13.9 Å². The van der Waals surface area contributed by atoms with E-state index in [1.54, 1.807) is 6.07 Å². The number of thiocarbonyl (C=S) groups is 1. The number of methoxy groups -OCH3 is 1. The molecule has 0 aliphatic heterocycles. The first-order chi connectivity index (χ1) is 10.9. The second kappa shape index (κ2) is 7.42. The van der Waals surface area contributed by atoms with Crippen molar-refractivity contribution in [1.29, 1.82) is 0 Å². The van der Waals surface area contributed by atoms with Crippen molar-refractivity contribution in [3.05, 3.63) is 58.4 Å². The number of rotatable bonds is 4. The summed E-state index contributed by atoms with van der Waals surface area (Å²) in [6.07, 6.45) is 0. The Morgan fingerprint density at radius 1 is 1.13 bits per heavy atom. The summed E-state index contributed by atoms with van der Waals surface area (Å²) in [6, 6.07) is 8.97. The van der Waals surface area contributed by atoms with E-state index < -0.39 is 0 Å². The van der Waals surface area contributed by atoms with Crippen molar-refractivity contribution in [3.63, 3.8) is 0 Å². The van der Waals surface area contributed by atoms with Crippen LogP contribution in [0.2, 0.25) is 0 Å². The number of benzene rings is 2. The SMILES string of the molecule is COC(=S)Nc1cccc(C)c1COc1cc(C)c(C)cc1F. The highest BCUT2D eigenvalue weighted by atomic mass is 32.1. The fourth-order valence-corrected chi connectivity index (χ4v) is 2.30. The Bertz CT molecular complexity index is 731. The van der Waals surface area contributed by atoms with Crippen LogP contribution in [-0.4, -0.2) is 12.3 Å². The average Bonchev–Trinajstić information content (AvgIpc) is 2.51. The maximum absolute atomic E-state index is 14.0. The number of halogens is 1. The van der Waals surface area contributed by atoms with Crippen LogP contribution in [0, 0.1) is 26.6 Å². The van der Waals surface area contributed by atoms with Crippen molar-refractivity contribution in [2.75, 3.05) is 12.4 Å². The molecule has 0 amide bonds. The van der Waals surface area contributed by atoms with Gasteiger partial charge in [0.05, 0.1) is 7.11 Å². The molecule has 0 radical (unpaired) electrons. The van der Waals surface area contributed by atoms with E-state index in [2.05, 4.69) is 5.32 Å². The maximum atomic E-state index is 14.0. The topological polar surface area (TPSA) is 30.5 Å². The van der Waals surface area contributed by atoms with Crippen LogP contribution in [0.15, 0.2) is 30.3 Å². The van der Waals surface area contributed by atoms with E-state index >= 15 is 0 Å². The van der Waals surface area contributed by atoms with Gasteiger partial charge in [-0.05, 0) is 67.9 Å². The zero-order valence-corrected chi connectivity index (χ0v) is 14.5. The molecule has 0 unspecified atom stereocenters. The predicted octanol–water partition coefficient (Wildman–Crippen LogP) is 4.67. The minimum atomic E-state index is -0.358. The molecule has 0 aromatic heterocycles. The third-order valence-corrected chi connectivity index (χ3v) is 4.02. The highest BCUT2D eigenvalue weighted by molar-refractivity contribution is 7.80. The largest absolute Gasteiger partial charge is 0.486 e. The van der Waals surface area contributed by atoms with Crippen LogP contribution < -0.4 is 10.1 Å². The van der Waals surface area contributed by atoms with Gasteiger partial charge >= 0.3 is 0 Å². The number of hydrogen-bond acceptors (Lipinski definition) is 3. The second-order valence-corrected chi connectivity index (χ2v) is 5.74. The Kier molecular flexibility index (Phi) is 5.55. The summed E-state index contributed by atoms with van der Waals surface area (Å²) in [4.78, 5) is 0. The van der Waals surface area contributed by atoms with Gasteiger partial charge in [-0.2, -0.15) is 0 Å². The molecule has 0 fully saturated rings. The summed E-state index contributed by atoms with van der Waals surface area (Å²) in [5.74, 6) is -0.111. The van der Waals surface area contributed by atoms with Gasteiger partial charge in [-0.3, -0.25) is 0 Å². The van der Waals surface area contributed by atoms with Crippen LogP contribution in [0.25, 0.3) is 0 Å². The summed E-state index contributed by atoms with van der Waals surface area (Å²) >= 11 is 5.04. The Morgan fingerprint density at radius 3 is 2.52 bits per heavy atom. The van der Waals surface area contributed by atoms with E-state index in [1.165, 1.54) is 13.2 Å². The summed E-state index contributed by atoms with van der Waals surface area (Å²) in [5, 5.41) is 3.28. The van der Waals surface area contributed by atoms with Crippen LogP contribution in [-0.2, 0) is 11.3 Å². The van der Waals surface area contributed by atoms with Crippen molar-refractivity contribution in [3.8, 4) is 5.75 Å². The molecule has 0 atom stereocenters. The fourth-order valence-electron chi connectivity index (χ4n) is 2.19. The molecular weight excluding hydrogens is 313 g/mol. The molecule has 0 saturated heterocycles. The smallest absolute Gasteiger partial charge is 0.260 e. The third-order valence-electron chi connectivity index (χ3n) is 3.75. The molecule has 5 heteroatoms. The fraction of sp³-hybridized carbons (Fsp3) is 0.278. The average molecular weight is 333 g/mol. The van der Waals surface area contributed by atoms with Crippen molar-refractivity contribution in [2.45, 2.75) is 27.4 Å².